The fourth-order valence-electron chi connectivity index (χ4n) is 1.15. The molecule has 0 amide bonds. The summed E-state index contributed by atoms with van der Waals surface area (Å²) >= 11 is 0. The van der Waals surface area contributed by atoms with E-state index in [1.54, 1.807) is 0 Å². The Bertz CT molecular complexity index is 244. The quantitative estimate of drug-likeness (QED) is 0.203. The second kappa shape index (κ2) is 9.16. The van der Waals surface area contributed by atoms with Gasteiger partial charge in [0, 0.05) is 6.08 Å². The maximum absolute atomic E-state index is 10.8. The maximum Gasteiger partial charge on any atom is 0.330 e. The van der Waals surface area contributed by atoms with Crippen LogP contribution in [0.1, 0.15) is 32.6 Å². The predicted molar refractivity (Wildman–Crippen MR) is 57.2 cm³/mol. The van der Waals surface area contributed by atoms with E-state index in [1.807, 2.05) is 6.92 Å². The zero-order valence-electron chi connectivity index (χ0n) is 9.07. The number of esters is 1. The summed E-state index contributed by atoms with van der Waals surface area (Å²) in [6.07, 6.45) is 6.21. The molecule has 0 radical (unpaired) electrons. The van der Waals surface area contributed by atoms with E-state index >= 15 is 0 Å². The Balaban J connectivity index is 3.38. The molecule has 0 saturated heterocycles. The van der Waals surface area contributed by atoms with Crippen LogP contribution >= 0.6 is 0 Å². The van der Waals surface area contributed by atoms with Gasteiger partial charge in [-0.1, -0.05) is 13.0 Å². The monoisotopic (exact) mass is 211 g/mol. The lowest BCUT2D eigenvalue weighted by Gasteiger charge is -2.10. The highest BCUT2D eigenvalue weighted by Gasteiger charge is 2.05. The van der Waals surface area contributed by atoms with Crippen molar-refractivity contribution in [2.45, 2.75) is 38.7 Å². The Morgan fingerprint density at radius 3 is 2.87 bits per heavy atom. The molecule has 0 N–H and O–H groups in total. The number of hydrogen-bond acceptors (Lipinski definition) is 4. The molecule has 0 saturated carbocycles. The van der Waals surface area contributed by atoms with Crippen LogP contribution in [0.3, 0.4) is 0 Å². The van der Waals surface area contributed by atoms with Gasteiger partial charge < -0.3 is 4.74 Å². The van der Waals surface area contributed by atoms with Crippen molar-refractivity contribution in [3.8, 4) is 0 Å². The van der Waals surface area contributed by atoms with Gasteiger partial charge in [0.25, 0.3) is 0 Å². The maximum atomic E-state index is 10.8. The van der Waals surface area contributed by atoms with Crippen molar-refractivity contribution >= 4 is 12.0 Å². The van der Waals surface area contributed by atoms with Crippen LogP contribution in [-0.4, -0.2) is 24.7 Å². The third kappa shape index (κ3) is 8.91. The molecule has 0 aliphatic heterocycles. The third-order valence-electron chi connectivity index (χ3n) is 1.93. The van der Waals surface area contributed by atoms with Crippen molar-refractivity contribution in [3.05, 3.63) is 12.7 Å². The Labute approximate surface area is 90.0 Å². The number of ether oxygens (including phenoxy) is 1. The van der Waals surface area contributed by atoms with Gasteiger partial charge in [0.1, 0.15) is 0 Å². The van der Waals surface area contributed by atoms with Crippen molar-refractivity contribution in [1.82, 2.24) is 0 Å². The first-order valence-corrected chi connectivity index (χ1v) is 5.07. The molecule has 0 aromatic heterocycles. The summed E-state index contributed by atoms with van der Waals surface area (Å²) in [5.74, 6) is -0.381. The lowest BCUT2D eigenvalue weighted by Crippen LogP contribution is -2.12. The Morgan fingerprint density at radius 1 is 1.53 bits per heavy atom. The van der Waals surface area contributed by atoms with Crippen LogP contribution in [0.15, 0.2) is 17.6 Å². The Hall–Kier alpha value is -1.41. The van der Waals surface area contributed by atoms with Crippen LogP contribution in [0.25, 0.3) is 0 Å². The summed E-state index contributed by atoms with van der Waals surface area (Å²) < 4.78 is 4.98. The van der Waals surface area contributed by atoms with Crippen molar-refractivity contribution in [3.63, 3.8) is 0 Å². The molecule has 0 heterocycles. The van der Waals surface area contributed by atoms with Crippen molar-refractivity contribution in [2.75, 3.05) is 6.54 Å². The summed E-state index contributed by atoms with van der Waals surface area (Å²) in [5.41, 5.74) is 0. The van der Waals surface area contributed by atoms with Gasteiger partial charge in [0.15, 0.2) is 0 Å². The van der Waals surface area contributed by atoms with E-state index < -0.39 is 0 Å². The van der Waals surface area contributed by atoms with E-state index in [-0.39, 0.29) is 12.1 Å². The van der Waals surface area contributed by atoms with E-state index in [4.69, 9.17) is 4.74 Å². The molecule has 4 heteroatoms. The summed E-state index contributed by atoms with van der Waals surface area (Å²) in [7, 11) is 0. The van der Waals surface area contributed by atoms with E-state index in [2.05, 4.69) is 11.6 Å². The molecule has 0 aromatic carbocycles. The fourth-order valence-corrected chi connectivity index (χ4v) is 1.15. The first-order chi connectivity index (χ1) is 7.20. The van der Waals surface area contributed by atoms with Crippen LogP contribution in [-0.2, 0) is 14.3 Å². The van der Waals surface area contributed by atoms with Crippen LogP contribution in [0.4, 0.5) is 0 Å². The Kier molecular flexibility index (Phi) is 8.30. The molecule has 1 unspecified atom stereocenters. The number of isocyanates is 1. The van der Waals surface area contributed by atoms with Gasteiger partial charge >= 0.3 is 5.97 Å². The second-order valence-electron chi connectivity index (χ2n) is 3.27. The van der Waals surface area contributed by atoms with Gasteiger partial charge in [-0.15, -0.1) is 0 Å². The van der Waals surface area contributed by atoms with Crippen molar-refractivity contribution in [1.29, 1.82) is 0 Å². The van der Waals surface area contributed by atoms with Crippen LogP contribution in [0.2, 0.25) is 0 Å². The third-order valence-corrected chi connectivity index (χ3v) is 1.93. The molecule has 0 rings (SSSR count). The topological polar surface area (TPSA) is 55.7 Å². The van der Waals surface area contributed by atoms with Crippen LogP contribution < -0.4 is 0 Å². The average Bonchev–Trinajstić information content (AvgIpc) is 2.23. The van der Waals surface area contributed by atoms with Gasteiger partial charge in [0.2, 0.25) is 6.08 Å². The molecule has 15 heavy (non-hydrogen) atoms. The molecule has 0 aliphatic carbocycles. The molecular weight excluding hydrogens is 194 g/mol. The number of carbonyl (C=O) groups excluding carboxylic acids is 2. The molecule has 0 spiro atoms. The van der Waals surface area contributed by atoms with E-state index in [1.165, 1.54) is 6.08 Å². The van der Waals surface area contributed by atoms with Crippen molar-refractivity contribution < 1.29 is 14.3 Å². The zero-order valence-corrected chi connectivity index (χ0v) is 9.07. The molecule has 1 atom stereocenters. The minimum Gasteiger partial charge on any atom is -0.460 e. The average molecular weight is 211 g/mol. The minimum absolute atomic E-state index is 0.0786. The fraction of sp³-hybridized carbons (Fsp3) is 0.636. The highest BCUT2D eigenvalue weighted by Crippen LogP contribution is 2.06. The van der Waals surface area contributed by atoms with Gasteiger partial charge in [-0.05, 0) is 26.2 Å². The molecule has 4 nitrogen and oxygen atoms in total. The lowest BCUT2D eigenvalue weighted by atomic mass is 10.1. The Morgan fingerprint density at radius 2 is 2.27 bits per heavy atom. The molecule has 0 aliphatic rings. The van der Waals surface area contributed by atoms with Gasteiger partial charge in [-0.25, -0.2) is 14.6 Å². The van der Waals surface area contributed by atoms with Crippen LogP contribution in [0, 0.1) is 0 Å². The number of hydrogen-bond donors (Lipinski definition) is 0. The molecule has 0 bridgehead atoms. The van der Waals surface area contributed by atoms with Gasteiger partial charge in [0.05, 0.1) is 12.6 Å². The number of aliphatic imine (C=N–C) groups is 1. The number of unbranched alkanes of at least 4 members (excludes halogenated alkanes) is 2. The molecular formula is C11H17NO3. The standard InChI is InChI=1S/C11H17NO3/c1-3-11(14)15-10(2)7-5-4-6-8-12-9-13/h3,10H,1,4-8H2,2H3. The zero-order chi connectivity index (χ0) is 11.5. The van der Waals surface area contributed by atoms with E-state index in [9.17, 15) is 9.59 Å². The van der Waals surface area contributed by atoms with E-state index in [0.717, 1.165) is 31.8 Å². The second-order valence-corrected chi connectivity index (χ2v) is 3.27. The summed E-state index contributed by atoms with van der Waals surface area (Å²) in [4.78, 5) is 24.0. The first-order valence-electron chi connectivity index (χ1n) is 5.07. The highest BCUT2D eigenvalue weighted by atomic mass is 16.5. The van der Waals surface area contributed by atoms with Gasteiger partial charge in [-0.3, -0.25) is 0 Å². The summed E-state index contributed by atoms with van der Waals surface area (Å²) in [6, 6.07) is 0. The highest BCUT2D eigenvalue weighted by molar-refractivity contribution is 5.81. The molecule has 0 aromatic rings. The van der Waals surface area contributed by atoms with Crippen molar-refractivity contribution in [2.24, 2.45) is 4.99 Å². The van der Waals surface area contributed by atoms with Crippen LogP contribution in [0.5, 0.6) is 0 Å². The number of carbonyl (C=O) groups is 1. The summed E-state index contributed by atoms with van der Waals surface area (Å²) in [5, 5.41) is 0. The van der Waals surface area contributed by atoms with Gasteiger partial charge in [-0.2, -0.15) is 0 Å². The largest absolute Gasteiger partial charge is 0.460 e. The SMILES string of the molecule is C=CC(=O)OC(C)CCCCCN=C=O. The van der Waals surface area contributed by atoms with E-state index in [0.29, 0.717) is 6.54 Å². The number of rotatable bonds is 8. The normalized spacial score (nSPS) is 11.3. The molecule has 84 valence electrons. The first kappa shape index (κ1) is 13.6. The lowest BCUT2D eigenvalue weighted by molar-refractivity contribution is -0.142. The summed E-state index contributed by atoms with van der Waals surface area (Å²) in [6.45, 7) is 5.70. The minimum atomic E-state index is -0.381. The molecule has 0 fully saturated rings. The smallest absolute Gasteiger partial charge is 0.330 e. The predicted octanol–water partition coefficient (Wildman–Crippen LogP) is 2.00. The number of nitrogens with zero attached hydrogens (tertiary/aromatic N) is 1.